The lowest BCUT2D eigenvalue weighted by Gasteiger charge is -2.12. The molecule has 0 fully saturated rings. The van der Waals surface area contributed by atoms with E-state index in [0.29, 0.717) is 29.7 Å². The largest absolute Gasteiger partial charge is 0.507 e. The molecule has 1 aromatic rings. The number of carbonyl (C=O) groups excluding carboxylic acids is 1. The molecule has 0 saturated carbocycles. The van der Waals surface area contributed by atoms with E-state index in [2.05, 4.69) is 0 Å². The van der Waals surface area contributed by atoms with E-state index in [1.54, 1.807) is 26.2 Å². The number of aromatic hydroxyl groups is 1. The second-order valence-electron chi connectivity index (χ2n) is 4.40. The van der Waals surface area contributed by atoms with Crippen molar-refractivity contribution in [1.82, 2.24) is 0 Å². The molecule has 0 aromatic heterocycles. The van der Waals surface area contributed by atoms with Crippen molar-refractivity contribution in [3.8, 4) is 11.5 Å². The van der Waals surface area contributed by atoms with Gasteiger partial charge in [0, 0.05) is 12.0 Å². The highest BCUT2D eigenvalue weighted by molar-refractivity contribution is 5.99. The van der Waals surface area contributed by atoms with Gasteiger partial charge in [0.2, 0.25) is 0 Å². The molecular formula is C15H20O3. The van der Waals surface area contributed by atoms with E-state index in [4.69, 9.17) is 4.74 Å². The van der Waals surface area contributed by atoms with Crippen LogP contribution in [0.1, 0.15) is 43.1 Å². The number of phenols is 1. The zero-order valence-corrected chi connectivity index (χ0v) is 11.4. The van der Waals surface area contributed by atoms with Gasteiger partial charge in [-0.3, -0.25) is 4.79 Å². The smallest absolute Gasteiger partial charge is 0.166 e. The number of allylic oxidation sites excluding steroid dienone is 2. The number of carbonyl (C=O) groups is 1. The maximum Gasteiger partial charge on any atom is 0.166 e. The van der Waals surface area contributed by atoms with Gasteiger partial charge in [0.1, 0.15) is 11.5 Å². The Morgan fingerprint density at radius 1 is 1.39 bits per heavy atom. The van der Waals surface area contributed by atoms with E-state index >= 15 is 0 Å². The Balaban J connectivity index is 3.26. The molecule has 0 atom stereocenters. The summed E-state index contributed by atoms with van der Waals surface area (Å²) in [4.78, 5) is 11.7. The molecule has 1 N–H and O–H groups in total. The van der Waals surface area contributed by atoms with Crippen molar-refractivity contribution in [1.29, 1.82) is 0 Å². The normalized spacial score (nSPS) is 10.0. The first-order valence-electron chi connectivity index (χ1n) is 6.06. The van der Waals surface area contributed by atoms with Crippen molar-refractivity contribution in [2.75, 3.05) is 7.11 Å². The average molecular weight is 248 g/mol. The van der Waals surface area contributed by atoms with Crippen molar-refractivity contribution in [3.63, 3.8) is 0 Å². The fourth-order valence-electron chi connectivity index (χ4n) is 1.73. The van der Waals surface area contributed by atoms with Crippen LogP contribution in [0.5, 0.6) is 11.5 Å². The van der Waals surface area contributed by atoms with Crippen LogP contribution in [0.4, 0.5) is 0 Å². The summed E-state index contributed by atoms with van der Waals surface area (Å²) in [6, 6.07) is 3.35. The lowest BCUT2D eigenvalue weighted by atomic mass is 10.00. The Labute approximate surface area is 108 Å². The van der Waals surface area contributed by atoms with Gasteiger partial charge in [-0.1, -0.05) is 18.6 Å². The minimum Gasteiger partial charge on any atom is -0.507 e. The number of Topliss-reactive ketones (excluding diaryl/α,β-unsaturated/α-hetero) is 1. The molecule has 0 heterocycles. The van der Waals surface area contributed by atoms with Crippen LogP contribution in [0.25, 0.3) is 0 Å². The Hall–Kier alpha value is -1.77. The van der Waals surface area contributed by atoms with Crippen LogP contribution in [0.2, 0.25) is 0 Å². The van der Waals surface area contributed by atoms with Gasteiger partial charge >= 0.3 is 0 Å². The van der Waals surface area contributed by atoms with Crippen LogP contribution < -0.4 is 4.74 Å². The molecule has 0 amide bonds. The summed E-state index contributed by atoms with van der Waals surface area (Å²) in [6.07, 6.45) is 2.93. The average Bonchev–Trinajstić information content (AvgIpc) is 2.35. The minimum absolute atomic E-state index is 0.0405. The number of ketones is 1. The molecule has 0 radical (unpaired) electrons. The lowest BCUT2D eigenvalue weighted by Crippen LogP contribution is -2.01. The zero-order chi connectivity index (χ0) is 13.7. The van der Waals surface area contributed by atoms with Crippen molar-refractivity contribution in [2.24, 2.45) is 0 Å². The molecule has 1 rings (SSSR count). The highest BCUT2D eigenvalue weighted by Crippen LogP contribution is 2.32. The van der Waals surface area contributed by atoms with Crippen LogP contribution in [-0.4, -0.2) is 18.0 Å². The molecule has 0 bridgehead atoms. The summed E-state index contributed by atoms with van der Waals surface area (Å²) >= 11 is 0. The quantitative estimate of drug-likeness (QED) is 0.640. The second-order valence-corrected chi connectivity index (χ2v) is 4.40. The molecule has 3 nitrogen and oxygen atoms in total. The molecular weight excluding hydrogens is 228 g/mol. The van der Waals surface area contributed by atoms with E-state index in [0.717, 1.165) is 5.57 Å². The highest BCUT2D eigenvalue weighted by Gasteiger charge is 2.16. The topological polar surface area (TPSA) is 46.5 Å². The predicted molar refractivity (Wildman–Crippen MR) is 72.4 cm³/mol. The fraction of sp³-hybridized carbons (Fsp3) is 0.400. The molecule has 0 spiro atoms. The standard InChI is InChI=1S/C15H20O3/c1-5-13(16)11-8-9-14(18-4)12(15(11)17)7-6-10(2)3/h6,8-9,17H,5,7H2,1-4H3. The van der Waals surface area contributed by atoms with Gasteiger partial charge < -0.3 is 9.84 Å². The molecule has 0 aliphatic heterocycles. The predicted octanol–water partition coefficient (Wildman–Crippen LogP) is 3.50. The SMILES string of the molecule is CCC(=O)c1ccc(OC)c(CC=C(C)C)c1O. The number of ether oxygens (including phenoxy) is 1. The van der Waals surface area contributed by atoms with Crippen LogP contribution in [0.15, 0.2) is 23.8 Å². The zero-order valence-electron chi connectivity index (χ0n) is 11.4. The Morgan fingerprint density at radius 2 is 2.06 bits per heavy atom. The first-order valence-corrected chi connectivity index (χ1v) is 6.06. The maximum absolute atomic E-state index is 11.7. The van der Waals surface area contributed by atoms with Gasteiger partial charge in [0.25, 0.3) is 0 Å². The van der Waals surface area contributed by atoms with Gasteiger partial charge in [-0.2, -0.15) is 0 Å². The van der Waals surface area contributed by atoms with Crippen LogP contribution >= 0.6 is 0 Å². The van der Waals surface area contributed by atoms with E-state index in [-0.39, 0.29) is 11.5 Å². The summed E-state index contributed by atoms with van der Waals surface area (Å²) in [7, 11) is 1.56. The van der Waals surface area contributed by atoms with Crippen molar-refractivity contribution in [3.05, 3.63) is 34.9 Å². The molecule has 0 aliphatic carbocycles. The van der Waals surface area contributed by atoms with Crippen molar-refractivity contribution < 1.29 is 14.6 Å². The molecule has 98 valence electrons. The number of benzene rings is 1. The first-order chi connectivity index (χ1) is 8.51. The molecule has 18 heavy (non-hydrogen) atoms. The van der Waals surface area contributed by atoms with Gasteiger partial charge in [-0.15, -0.1) is 0 Å². The van der Waals surface area contributed by atoms with Gasteiger partial charge in [0.05, 0.1) is 12.7 Å². The van der Waals surface area contributed by atoms with Crippen molar-refractivity contribution >= 4 is 5.78 Å². The third-order valence-corrected chi connectivity index (χ3v) is 2.80. The number of hydrogen-bond donors (Lipinski definition) is 1. The van der Waals surface area contributed by atoms with Gasteiger partial charge in [-0.05, 0) is 32.4 Å². The van der Waals surface area contributed by atoms with E-state index in [1.165, 1.54) is 0 Å². The number of hydrogen-bond acceptors (Lipinski definition) is 3. The third kappa shape index (κ3) is 3.13. The second kappa shape index (κ2) is 6.24. The number of methoxy groups -OCH3 is 1. The summed E-state index contributed by atoms with van der Waals surface area (Å²) in [5, 5.41) is 10.2. The monoisotopic (exact) mass is 248 g/mol. The summed E-state index contributed by atoms with van der Waals surface area (Å²) in [5.74, 6) is 0.588. The van der Waals surface area contributed by atoms with E-state index in [1.807, 2.05) is 19.9 Å². The molecule has 0 saturated heterocycles. The lowest BCUT2D eigenvalue weighted by molar-refractivity contribution is 0.0985. The minimum atomic E-state index is -0.0615. The Kier molecular flexibility index (Phi) is 4.95. The van der Waals surface area contributed by atoms with Gasteiger partial charge in [-0.25, -0.2) is 0 Å². The third-order valence-electron chi connectivity index (χ3n) is 2.80. The number of phenolic OH excluding ortho intramolecular Hbond substituents is 1. The summed E-state index contributed by atoms with van der Waals surface area (Å²) < 4.78 is 5.23. The maximum atomic E-state index is 11.7. The van der Waals surface area contributed by atoms with Crippen molar-refractivity contribution in [2.45, 2.75) is 33.6 Å². The number of rotatable bonds is 5. The Morgan fingerprint density at radius 3 is 2.56 bits per heavy atom. The van der Waals surface area contributed by atoms with Crippen LogP contribution in [-0.2, 0) is 6.42 Å². The Bertz CT molecular complexity index is 469. The summed E-state index contributed by atoms with van der Waals surface area (Å²) in [5.41, 5.74) is 2.19. The molecule has 0 aliphatic rings. The van der Waals surface area contributed by atoms with E-state index in [9.17, 15) is 9.90 Å². The van der Waals surface area contributed by atoms with Crippen LogP contribution in [0.3, 0.4) is 0 Å². The molecule has 3 heteroatoms. The molecule has 1 aromatic carbocycles. The fourth-order valence-corrected chi connectivity index (χ4v) is 1.73. The van der Waals surface area contributed by atoms with Gasteiger partial charge in [0.15, 0.2) is 5.78 Å². The highest BCUT2D eigenvalue weighted by atomic mass is 16.5. The summed E-state index contributed by atoms with van der Waals surface area (Å²) in [6.45, 7) is 5.76. The molecule has 0 unspecified atom stereocenters. The van der Waals surface area contributed by atoms with Crippen LogP contribution in [0, 0.1) is 0 Å². The first kappa shape index (κ1) is 14.3. The van der Waals surface area contributed by atoms with E-state index < -0.39 is 0 Å².